The first-order valence-electron chi connectivity index (χ1n) is 6.73. The molecule has 2 atom stereocenters. The largest absolute Gasteiger partial charge is 0.481 e. The van der Waals surface area contributed by atoms with E-state index in [4.69, 9.17) is 10.5 Å². The SMILES string of the molecule is CCN1C(=O)CCCC(N)C1c1cccc(OC)n1. The summed E-state index contributed by atoms with van der Waals surface area (Å²) < 4.78 is 5.15. The number of methoxy groups -OCH3 is 1. The Bertz CT molecular complexity index is 450. The average molecular weight is 263 g/mol. The number of nitrogens with two attached hydrogens (primary N) is 1. The summed E-state index contributed by atoms with van der Waals surface area (Å²) in [7, 11) is 1.59. The first kappa shape index (κ1) is 13.8. The number of carbonyl (C=O) groups is 1. The molecule has 19 heavy (non-hydrogen) atoms. The Hall–Kier alpha value is -1.62. The molecule has 2 unspecified atom stereocenters. The Morgan fingerprint density at radius 3 is 3.00 bits per heavy atom. The molecule has 0 aromatic carbocycles. The lowest BCUT2D eigenvalue weighted by atomic mass is 10.0. The zero-order valence-corrected chi connectivity index (χ0v) is 11.5. The van der Waals surface area contributed by atoms with Crippen LogP contribution in [0.15, 0.2) is 18.2 Å². The van der Waals surface area contributed by atoms with Crippen molar-refractivity contribution >= 4 is 5.91 Å². The number of rotatable bonds is 3. The van der Waals surface area contributed by atoms with Crippen molar-refractivity contribution in [2.75, 3.05) is 13.7 Å². The van der Waals surface area contributed by atoms with Gasteiger partial charge in [0.2, 0.25) is 11.8 Å². The molecule has 0 spiro atoms. The zero-order chi connectivity index (χ0) is 13.8. The molecule has 1 aliphatic rings. The van der Waals surface area contributed by atoms with E-state index >= 15 is 0 Å². The lowest BCUT2D eigenvalue weighted by Crippen LogP contribution is -2.42. The number of hydrogen-bond acceptors (Lipinski definition) is 4. The molecular weight excluding hydrogens is 242 g/mol. The number of ether oxygens (including phenoxy) is 1. The second kappa shape index (κ2) is 6.02. The summed E-state index contributed by atoms with van der Waals surface area (Å²) in [5.41, 5.74) is 7.07. The molecule has 0 bridgehead atoms. The highest BCUT2D eigenvalue weighted by Gasteiger charge is 2.32. The van der Waals surface area contributed by atoms with Crippen molar-refractivity contribution in [3.63, 3.8) is 0 Å². The number of aromatic nitrogens is 1. The number of likely N-dealkylation sites (N-methyl/N-ethyl adjacent to an activating group) is 1. The number of carbonyl (C=O) groups excluding carboxylic acids is 1. The Morgan fingerprint density at radius 2 is 2.32 bits per heavy atom. The smallest absolute Gasteiger partial charge is 0.223 e. The molecule has 5 heteroatoms. The van der Waals surface area contributed by atoms with Gasteiger partial charge in [0.15, 0.2) is 0 Å². The minimum absolute atomic E-state index is 0.0778. The van der Waals surface area contributed by atoms with Crippen LogP contribution in [0.25, 0.3) is 0 Å². The van der Waals surface area contributed by atoms with Gasteiger partial charge in [0, 0.05) is 25.1 Å². The van der Waals surface area contributed by atoms with Crippen LogP contribution < -0.4 is 10.5 Å². The van der Waals surface area contributed by atoms with E-state index in [0.29, 0.717) is 18.8 Å². The first-order chi connectivity index (χ1) is 9.17. The molecule has 0 aliphatic carbocycles. The van der Waals surface area contributed by atoms with E-state index in [-0.39, 0.29) is 18.0 Å². The summed E-state index contributed by atoms with van der Waals surface area (Å²) in [5, 5.41) is 0. The summed E-state index contributed by atoms with van der Waals surface area (Å²) in [4.78, 5) is 18.4. The molecule has 2 heterocycles. The van der Waals surface area contributed by atoms with Gasteiger partial charge in [-0.1, -0.05) is 6.07 Å². The molecule has 1 aromatic heterocycles. The van der Waals surface area contributed by atoms with E-state index in [9.17, 15) is 4.79 Å². The second-order valence-electron chi connectivity index (χ2n) is 4.79. The van der Waals surface area contributed by atoms with Crippen LogP contribution in [-0.4, -0.2) is 35.5 Å². The summed E-state index contributed by atoms with van der Waals surface area (Å²) in [6, 6.07) is 5.36. The van der Waals surface area contributed by atoms with Crippen molar-refractivity contribution in [1.82, 2.24) is 9.88 Å². The van der Waals surface area contributed by atoms with Gasteiger partial charge in [-0.2, -0.15) is 0 Å². The highest BCUT2D eigenvalue weighted by molar-refractivity contribution is 5.77. The molecule has 1 aliphatic heterocycles. The van der Waals surface area contributed by atoms with Gasteiger partial charge in [-0.3, -0.25) is 4.79 Å². The van der Waals surface area contributed by atoms with Gasteiger partial charge < -0.3 is 15.4 Å². The standard InChI is InChI=1S/C14H21N3O2/c1-3-17-13(18)9-4-6-10(15)14(17)11-7-5-8-12(16-11)19-2/h5,7-8,10,14H,3-4,6,9,15H2,1-2H3. The fourth-order valence-electron chi connectivity index (χ4n) is 2.64. The van der Waals surface area contributed by atoms with Crippen LogP contribution >= 0.6 is 0 Å². The Balaban J connectivity index is 2.38. The topological polar surface area (TPSA) is 68.5 Å². The molecule has 5 nitrogen and oxygen atoms in total. The monoisotopic (exact) mass is 263 g/mol. The Morgan fingerprint density at radius 1 is 1.53 bits per heavy atom. The van der Waals surface area contributed by atoms with Crippen molar-refractivity contribution in [3.05, 3.63) is 23.9 Å². The quantitative estimate of drug-likeness (QED) is 0.897. The minimum Gasteiger partial charge on any atom is -0.481 e. The highest BCUT2D eigenvalue weighted by Crippen LogP contribution is 2.29. The fourth-order valence-corrected chi connectivity index (χ4v) is 2.64. The molecule has 1 saturated heterocycles. The Labute approximate surface area is 113 Å². The predicted molar refractivity (Wildman–Crippen MR) is 72.7 cm³/mol. The molecule has 1 aromatic rings. The van der Waals surface area contributed by atoms with Gasteiger partial charge in [0.05, 0.1) is 18.8 Å². The number of hydrogen-bond donors (Lipinski definition) is 1. The third-order valence-corrected chi connectivity index (χ3v) is 3.59. The van der Waals surface area contributed by atoms with E-state index in [1.165, 1.54) is 0 Å². The first-order valence-corrected chi connectivity index (χ1v) is 6.73. The van der Waals surface area contributed by atoms with E-state index in [2.05, 4.69) is 4.98 Å². The van der Waals surface area contributed by atoms with Crippen LogP contribution in [0.3, 0.4) is 0 Å². The average Bonchev–Trinajstić information content (AvgIpc) is 2.57. The zero-order valence-electron chi connectivity index (χ0n) is 11.5. The minimum atomic E-state index is -0.157. The molecule has 1 fully saturated rings. The van der Waals surface area contributed by atoms with Crippen molar-refractivity contribution in [2.45, 2.75) is 38.3 Å². The van der Waals surface area contributed by atoms with Crippen molar-refractivity contribution in [2.24, 2.45) is 5.73 Å². The van der Waals surface area contributed by atoms with Gasteiger partial charge in [0.1, 0.15) is 0 Å². The molecule has 0 radical (unpaired) electrons. The second-order valence-corrected chi connectivity index (χ2v) is 4.79. The maximum absolute atomic E-state index is 12.1. The summed E-state index contributed by atoms with van der Waals surface area (Å²) in [6.07, 6.45) is 2.25. The Kier molecular flexibility index (Phi) is 4.37. The van der Waals surface area contributed by atoms with Crippen LogP contribution in [0, 0.1) is 0 Å². The molecule has 1 amide bonds. The number of likely N-dealkylation sites (tertiary alicyclic amines) is 1. The summed E-state index contributed by atoms with van der Waals surface area (Å²) >= 11 is 0. The van der Waals surface area contributed by atoms with Gasteiger partial charge >= 0.3 is 0 Å². The van der Waals surface area contributed by atoms with Crippen molar-refractivity contribution in [1.29, 1.82) is 0 Å². The summed E-state index contributed by atoms with van der Waals surface area (Å²) in [5.74, 6) is 0.711. The molecular formula is C14H21N3O2. The molecule has 104 valence electrons. The maximum atomic E-state index is 12.1. The molecule has 0 saturated carbocycles. The van der Waals surface area contributed by atoms with Gasteiger partial charge in [-0.15, -0.1) is 0 Å². The normalized spacial score (nSPS) is 24.2. The molecule has 2 rings (SSSR count). The van der Waals surface area contributed by atoms with E-state index in [0.717, 1.165) is 18.5 Å². The van der Waals surface area contributed by atoms with Gasteiger partial charge in [0.25, 0.3) is 0 Å². The van der Waals surface area contributed by atoms with Crippen molar-refractivity contribution < 1.29 is 9.53 Å². The molecule has 2 N–H and O–H groups in total. The van der Waals surface area contributed by atoms with Crippen molar-refractivity contribution in [3.8, 4) is 5.88 Å². The fraction of sp³-hybridized carbons (Fsp3) is 0.571. The van der Waals surface area contributed by atoms with Gasteiger partial charge in [-0.25, -0.2) is 4.98 Å². The third-order valence-electron chi connectivity index (χ3n) is 3.59. The van der Waals surface area contributed by atoms with E-state index < -0.39 is 0 Å². The van der Waals surface area contributed by atoms with E-state index in [1.54, 1.807) is 13.2 Å². The predicted octanol–water partition coefficient (Wildman–Crippen LogP) is 1.49. The van der Waals surface area contributed by atoms with Gasteiger partial charge in [-0.05, 0) is 25.8 Å². The van der Waals surface area contributed by atoms with Crippen LogP contribution in [0.2, 0.25) is 0 Å². The lowest BCUT2D eigenvalue weighted by Gasteiger charge is -2.32. The number of pyridine rings is 1. The number of amides is 1. The maximum Gasteiger partial charge on any atom is 0.223 e. The summed E-state index contributed by atoms with van der Waals surface area (Å²) in [6.45, 7) is 2.62. The third kappa shape index (κ3) is 2.87. The lowest BCUT2D eigenvalue weighted by molar-refractivity contribution is -0.133. The van der Waals surface area contributed by atoms with Crippen LogP contribution in [0.4, 0.5) is 0 Å². The van der Waals surface area contributed by atoms with E-state index in [1.807, 2.05) is 24.0 Å². The van der Waals surface area contributed by atoms with Crippen LogP contribution in [-0.2, 0) is 4.79 Å². The van der Waals surface area contributed by atoms with Crippen LogP contribution in [0.5, 0.6) is 5.88 Å². The van der Waals surface area contributed by atoms with Crippen LogP contribution in [0.1, 0.15) is 37.9 Å². The number of nitrogens with zero attached hydrogens (tertiary/aromatic N) is 2. The highest BCUT2D eigenvalue weighted by atomic mass is 16.5.